The summed E-state index contributed by atoms with van der Waals surface area (Å²) in [6.07, 6.45) is 0.608. The number of nitriles is 2. The Balaban J connectivity index is 4.43. The molecule has 0 aromatic carbocycles. The topological polar surface area (TPSA) is 73.6 Å². The molecule has 0 bridgehead atoms. The summed E-state index contributed by atoms with van der Waals surface area (Å²) in [5, 5.41) is 16.8. The maximum atomic E-state index is 8.40. The summed E-state index contributed by atoms with van der Waals surface area (Å²) in [5.74, 6) is 0.381. The summed E-state index contributed by atoms with van der Waals surface area (Å²) >= 11 is 0. The zero-order valence-electron chi connectivity index (χ0n) is 6.76. The molecular formula is C8H11N3. The highest BCUT2D eigenvalue weighted by Gasteiger charge is 2.03. The Morgan fingerprint density at radius 2 is 1.82 bits per heavy atom. The van der Waals surface area contributed by atoms with Crippen molar-refractivity contribution in [3.05, 3.63) is 11.3 Å². The van der Waals surface area contributed by atoms with Crippen molar-refractivity contribution in [1.82, 2.24) is 0 Å². The monoisotopic (exact) mass is 149 g/mol. The number of nitrogens with two attached hydrogens (primary N) is 1. The van der Waals surface area contributed by atoms with Gasteiger partial charge in [-0.3, -0.25) is 0 Å². The third-order valence-electron chi connectivity index (χ3n) is 1.17. The Bertz CT molecular complexity index is 221. The molecule has 0 aliphatic carbocycles. The third-order valence-corrected chi connectivity index (χ3v) is 1.17. The van der Waals surface area contributed by atoms with E-state index >= 15 is 0 Å². The molecule has 0 amide bonds. The zero-order valence-corrected chi connectivity index (χ0v) is 6.76. The van der Waals surface area contributed by atoms with Crippen LogP contribution >= 0.6 is 0 Å². The molecule has 0 atom stereocenters. The van der Waals surface area contributed by atoms with Crippen LogP contribution in [0.3, 0.4) is 0 Å². The van der Waals surface area contributed by atoms with Gasteiger partial charge in [-0.1, -0.05) is 13.8 Å². The molecule has 0 aromatic heterocycles. The second-order valence-corrected chi connectivity index (χ2v) is 2.72. The highest BCUT2D eigenvalue weighted by Crippen LogP contribution is 2.08. The van der Waals surface area contributed by atoms with Crippen LogP contribution < -0.4 is 5.73 Å². The average molecular weight is 149 g/mol. The molecule has 0 rings (SSSR count). The Morgan fingerprint density at radius 3 is 2.09 bits per heavy atom. The number of rotatable bonds is 2. The Labute approximate surface area is 66.7 Å². The normalized spacial score (nSPS) is 8.45. The van der Waals surface area contributed by atoms with E-state index in [0.717, 1.165) is 0 Å². The van der Waals surface area contributed by atoms with Gasteiger partial charge in [0.05, 0.1) is 0 Å². The van der Waals surface area contributed by atoms with Gasteiger partial charge in [0.1, 0.15) is 17.7 Å². The third kappa shape index (κ3) is 3.27. The van der Waals surface area contributed by atoms with Gasteiger partial charge in [-0.25, -0.2) is 0 Å². The second kappa shape index (κ2) is 4.35. The van der Waals surface area contributed by atoms with E-state index in [9.17, 15) is 0 Å². The van der Waals surface area contributed by atoms with Gasteiger partial charge in [0.25, 0.3) is 0 Å². The van der Waals surface area contributed by atoms with Crippen LogP contribution in [-0.4, -0.2) is 0 Å². The summed E-state index contributed by atoms with van der Waals surface area (Å²) < 4.78 is 0. The van der Waals surface area contributed by atoms with Crippen LogP contribution in [0.2, 0.25) is 0 Å². The summed E-state index contributed by atoms with van der Waals surface area (Å²) in [5.41, 5.74) is 5.91. The molecular weight excluding hydrogens is 138 g/mol. The van der Waals surface area contributed by atoms with E-state index < -0.39 is 0 Å². The number of hydrogen-bond acceptors (Lipinski definition) is 3. The van der Waals surface area contributed by atoms with Crippen molar-refractivity contribution >= 4 is 0 Å². The van der Waals surface area contributed by atoms with Gasteiger partial charge in [0.2, 0.25) is 0 Å². The van der Waals surface area contributed by atoms with Gasteiger partial charge in [-0.15, -0.1) is 0 Å². The van der Waals surface area contributed by atoms with E-state index in [-0.39, 0.29) is 5.57 Å². The molecule has 0 saturated heterocycles. The first-order valence-corrected chi connectivity index (χ1v) is 3.40. The van der Waals surface area contributed by atoms with E-state index in [1.807, 2.05) is 13.8 Å². The molecule has 11 heavy (non-hydrogen) atoms. The molecule has 58 valence electrons. The van der Waals surface area contributed by atoms with Crippen molar-refractivity contribution in [2.45, 2.75) is 20.3 Å². The average Bonchev–Trinajstić information content (AvgIpc) is 1.88. The van der Waals surface area contributed by atoms with Crippen molar-refractivity contribution in [2.75, 3.05) is 0 Å². The van der Waals surface area contributed by atoms with Gasteiger partial charge < -0.3 is 5.73 Å². The van der Waals surface area contributed by atoms with Crippen LogP contribution in [0.15, 0.2) is 11.3 Å². The summed E-state index contributed by atoms with van der Waals surface area (Å²) in [7, 11) is 0. The first-order chi connectivity index (χ1) is 5.11. The summed E-state index contributed by atoms with van der Waals surface area (Å²) in [6.45, 7) is 3.97. The van der Waals surface area contributed by atoms with Crippen LogP contribution in [0.5, 0.6) is 0 Å². The molecule has 0 aliphatic rings. The van der Waals surface area contributed by atoms with Crippen LogP contribution in [0.1, 0.15) is 20.3 Å². The molecule has 0 aromatic rings. The lowest BCUT2D eigenvalue weighted by molar-refractivity contribution is 0.637. The molecule has 0 fully saturated rings. The largest absolute Gasteiger partial charge is 0.400 e. The molecule has 0 heterocycles. The van der Waals surface area contributed by atoms with E-state index in [4.69, 9.17) is 16.3 Å². The lowest BCUT2D eigenvalue weighted by atomic mass is 10.1. The van der Waals surface area contributed by atoms with Crippen molar-refractivity contribution in [3.63, 3.8) is 0 Å². The second-order valence-electron chi connectivity index (χ2n) is 2.72. The van der Waals surface area contributed by atoms with E-state index in [1.54, 1.807) is 12.1 Å². The lowest BCUT2D eigenvalue weighted by Gasteiger charge is -2.03. The molecule has 0 saturated carbocycles. The predicted molar refractivity (Wildman–Crippen MR) is 41.9 cm³/mol. The van der Waals surface area contributed by atoms with Crippen LogP contribution in [0, 0.1) is 28.6 Å². The smallest absolute Gasteiger partial charge is 0.148 e. The van der Waals surface area contributed by atoms with Gasteiger partial charge in [-0.2, -0.15) is 10.5 Å². The summed E-state index contributed by atoms with van der Waals surface area (Å²) in [4.78, 5) is 0. The standard InChI is InChI=1S/C8H11N3/c1-6(2)3-8(11)7(4-9)5-10/h6H,3,11H2,1-2H3. The van der Waals surface area contributed by atoms with Crippen LogP contribution in [-0.2, 0) is 0 Å². The maximum Gasteiger partial charge on any atom is 0.148 e. The van der Waals surface area contributed by atoms with Crippen molar-refractivity contribution in [3.8, 4) is 12.1 Å². The van der Waals surface area contributed by atoms with E-state index in [0.29, 0.717) is 18.0 Å². The van der Waals surface area contributed by atoms with E-state index in [2.05, 4.69) is 0 Å². The van der Waals surface area contributed by atoms with Gasteiger partial charge >= 0.3 is 0 Å². The fourth-order valence-corrected chi connectivity index (χ4v) is 0.710. The minimum Gasteiger partial charge on any atom is -0.400 e. The van der Waals surface area contributed by atoms with Crippen LogP contribution in [0.4, 0.5) is 0 Å². The van der Waals surface area contributed by atoms with Gasteiger partial charge in [0.15, 0.2) is 0 Å². The van der Waals surface area contributed by atoms with Crippen LogP contribution in [0.25, 0.3) is 0 Å². The quantitative estimate of drug-likeness (QED) is 0.601. The molecule has 0 spiro atoms. The number of allylic oxidation sites excluding steroid dienone is 2. The van der Waals surface area contributed by atoms with E-state index in [1.165, 1.54) is 0 Å². The summed E-state index contributed by atoms with van der Waals surface area (Å²) in [6, 6.07) is 3.50. The Hall–Kier alpha value is -1.48. The molecule has 0 aliphatic heterocycles. The van der Waals surface area contributed by atoms with Crippen molar-refractivity contribution in [1.29, 1.82) is 10.5 Å². The molecule has 0 unspecified atom stereocenters. The van der Waals surface area contributed by atoms with Gasteiger partial charge in [0, 0.05) is 5.70 Å². The minimum atomic E-state index is 0.0405. The zero-order chi connectivity index (χ0) is 8.85. The molecule has 3 nitrogen and oxygen atoms in total. The van der Waals surface area contributed by atoms with Crippen molar-refractivity contribution in [2.24, 2.45) is 11.7 Å². The molecule has 2 N–H and O–H groups in total. The highest BCUT2D eigenvalue weighted by atomic mass is 14.6. The number of nitrogens with zero attached hydrogens (tertiary/aromatic N) is 2. The predicted octanol–water partition coefficient (Wildman–Crippen LogP) is 1.29. The first-order valence-electron chi connectivity index (χ1n) is 3.40. The Kier molecular flexibility index (Phi) is 3.77. The first kappa shape index (κ1) is 9.52. The minimum absolute atomic E-state index is 0.0405. The van der Waals surface area contributed by atoms with Gasteiger partial charge in [-0.05, 0) is 12.3 Å². The number of hydrogen-bond donors (Lipinski definition) is 1. The highest BCUT2D eigenvalue weighted by molar-refractivity contribution is 5.38. The maximum absolute atomic E-state index is 8.40. The molecule has 0 radical (unpaired) electrons. The lowest BCUT2D eigenvalue weighted by Crippen LogP contribution is -2.04. The SMILES string of the molecule is CC(C)CC(N)=C(C#N)C#N. The molecule has 3 heteroatoms. The van der Waals surface area contributed by atoms with Crippen molar-refractivity contribution < 1.29 is 0 Å². The fourth-order valence-electron chi connectivity index (χ4n) is 0.710. The Morgan fingerprint density at radius 1 is 1.36 bits per heavy atom. The fraction of sp³-hybridized carbons (Fsp3) is 0.500.